The lowest BCUT2D eigenvalue weighted by molar-refractivity contribution is -0.113. The van der Waals surface area contributed by atoms with Crippen molar-refractivity contribution in [3.8, 4) is 5.69 Å². The van der Waals surface area contributed by atoms with Crippen LogP contribution in [0.5, 0.6) is 0 Å². The summed E-state index contributed by atoms with van der Waals surface area (Å²) in [6, 6.07) is 13.8. The zero-order valence-electron chi connectivity index (χ0n) is 17.9. The zero-order chi connectivity index (χ0) is 22.1. The van der Waals surface area contributed by atoms with E-state index in [1.54, 1.807) is 4.57 Å². The summed E-state index contributed by atoms with van der Waals surface area (Å²) >= 11 is 2.65. The Hall–Kier alpha value is -2.90. The molecule has 7 heteroatoms. The van der Waals surface area contributed by atoms with E-state index < -0.39 is 0 Å². The van der Waals surface area contributed by atoms with E-state index in [9.17, 15) is 9.59 Å². The highest BCUT2D eigenvalue weighted by Gasteiger charge is 2.16. The molecule has 0 saturated heterocycles. The summed E-state index contributed by atoms with van der Waals surface area (Å²) < 4.78 is 2.23. The van der Waals surface area contributed by atoms with E-state index in [1.165, 1.54) is 23.1 Å². The molecule has 158 valence electrons. The smallest absolute Gasteiger partial charge is 0.276 e. The number of carbonyl (C=O) groups excluding carboxylic acids is 1. The summed E-state index contributed by atoms with van der Waals surface area (Å²) in [5.74, 6) is 0.0191. The minimum absolute atomic E-state index is 0.109. The number of hydrogen-bond acceptors (Lipinski definition) is 5. The van der Waals surface area contributed by atoms with Crippen LogP contribution in [0.25, 0.3) is 15.9 Å². The molecule has 0 spiro atoms. The highest BCUT2D eigenvalue weighted by atomic mass is 32.2. The third-order valence-corrected chi connectivity index (χ3v) is 6.74. The van der Waals surface area contributed by atoms with Gasteiger partial charge in [0.15, 0.2) is 5.16 Å². The van der Waals surface area contributed by atoms with Crippen LogP contribution in [0.3, 0.4) is 0 Å². The van der Waals surface area contributed by atoms with E-state index in [1.807, 2.05) is 69.5 Å². The fourth-order valence-corrected chi connectivity index (χ4v) is 5.06. The summed E-state index contributed by atoms with van der Waals surface area (Å²) in [4.78, 5) is 30.6. The lowest BCUT2D eigenvalue weighted by Gasteiger charge is -2.14. The monoisotopic (exact) mass is 449 g/mol. The zero-order valence-corrected chi connectivity index (χ0v) is 19.5. The van der Waals surface area contributed by atoms with E-state index in [0.717, 1.165) is 33.6 Å². The van der Waals surface area contributed by atoms with Gasteiger partial charge in [0, 0.05) is 5.69 Å². The molecule has 2 aromatic carbocycles. The van der Waals surface area contributed by atoms with Gasteiger partial charge in [-0.25, -0.2) is 4.98 Å². The molecule has 0 aliphatic heterocycles. The molecule has 1 N–H and O–H groups in total. The van der Waals surface area contributed by atoms with Gasteiger partial charge in [-0.3, -0.25) is 14.2 Å². The summed E-state index contributed by atoms with van der Waals surface area (Å²) in [6.45, 7) is 7.96. The normalized spacial score (nSPS) is 11.1. The van der Waals surface area contributed by atoms with Crippen molar-refractivity contribution in [2.24, 2.45) is 0 Å². The largest absolute Gasteiger partial charge is 0.325 e. The van der Waals surface area contributed by atoms with Gasteiger partial charge in [-0.2, -0.15) is 0 Å². The number of rotatable bonds is 5. The molecule has 0 radical (unpaired) electrons. The maximum Gasteiger partial charge on any atom is 0.276 e. The molecule has 0 bridgehead atoms. The Balaban J connectivity index is 1.67. The predicted octanol–water partition coefficient (Wildman–Crippen LogP) is 5.41. The first-order chi connectivity index (χ1) is 14.8. The van der Waals surface area contributed by atoms with Crippen molar-refractivity contribution in [2.75, 3.05) is 11.1 Å². The highest BCUT2D eigenvalue weighted by Crippen LogP contribution is 2.25. The van der Waals surface area contributed by atoms with E-state index in [2.05, 4.69) is 11.4 Å². The van der Waals surface area contributed by atoms with Crippen molar-refractivity contribution in [1.29, 1.82) is 0 Å². The second-order valence-electron chi connectivity index (χ2n) is 7.67. The molecule has 0 fully saturated rings. The molecule has 0 atom stereocenters. The van der Waals surface area contributed by atoms with Crippen LogP contribution in [0.1, 0.15) is 22.3 Å². The average Bonchev–Trinajstić information content (AvgIpc) is 3.17. The lowest BCUT2D eigenvalue weighted by atomic mass is 10.1. The van der Waals surface area contributed by atoms with E-state index >= 15 is 0 Å². The molecular weight excluding hydrogens is 426 g/mol. The van der Waals surface area contributed by atoms with Crippen LogP contribution >= 0.6 is 23.1 Å². The number of anilines is 1. The molecule has 2 heterocycles. The number of amides is 1. The number of benzene rings is 2. The summed E-state index contributed by atoms with van der Waals surface area (Å²) in [5, 5.41) is 5.35. The quantitative estimate of drug-likeness (QED) is 0.327. The van der Waals surface area contributed by atoms with E-state index in [4.69, 9.17) is 4.98 Å². The van der Waals surface area contributed by atoms with Crippen molar-refractivity contribution < 1.29 is 4.79 Å². The topological polar surface area (TPSA) is 64.0 Å². The SMILES string of the molecule is Cc1cc(C)cc(-n2c(SCC(=O)Nc3cc(C)ccc3C)nc3ccsc3c2=O)c1. The van der Waals surface area contributed by atoms with Gasteiger partial charge in [-0.15, -0.1) is 11.3 Å². The van der Waals surface area contributed by atoms with Crippen LogP contribution in [0.15, 0.2) is 57.8 Å². The maximum absolute atomic E-state index is 13.3. The van der Waals surface area contributed by atoms with Crippen molar-refractivity contribution in [2.45, 2.75) is 32.9 Å². The molecule has 0 unspecified atom stereocenters. The van der Waals surface area contributed by atoms with E-state index in [-0.39, 0.29) is 17.2 Å². The molecule has 0 saturated carbocycles. The Morgan fingerprint density at radius 1 is 1.03 bits per heavy atom. The number of nitrogens with one attached hydrogen (secondary N) is 1. The van der Waals surface area contributed by atoms with Gasteiger partial charge in [-0.1, -0.05) is 30.0 Å². The van der Waals surface area contributed by atoms with Crippen LogP contribution < -0.4 is 10.9 Å². The molecule has 1 amide bonds. The van der Waals surface area contributed by atoms with Gasteiger partial charge >= 0.3 is 0 Å². The van der Waals surface area contributed by atoms with Crippen molar-refractivity contribution in [3.05, 3.63) is 80.5 Å². The molecule has 4 aromatic rings. The number of aryl methyl sites for hydroxylation is 4. The maximum atomic E-state index is 13.3. The number of fused-ring (bicyclic) bond motifs is 1. The van der Waals surface area contributed by atoms with Crippen LogP contribution in [0, 0.1) is 27.7 Å². The van der Waals surface area contributed by atoms with Gasteiger partial charge in [0.1, 0.15) is 4.70 Å². The summed E-state index contributed by atoms with van der Waals surface area (Å²) in [5.41, 5.74) is 6.35. The Morgan fingerprint density at radius 2 is 1.77 bits per heavy atom. The third-order valence-electron chi connectivity index (χ3n) is 4.91. The Kier molecular flexibility index (Phi) is 5.98. The number of nitrogens with zero attached hydrogens (tertiary/aromatic N) is 2. The van der Waals surface area contributed by atoms with Crippen molar-refractivity contribution in [1.82, 2.24) is 9.55 Å². The van der Waals surface area contributed by atoms with Crippen LogP contribution in [0.2, 0.25) is 0 Å². The molecule has 5 nitrogen and oxygen atoms in total. The number of hydrogen-bond donors (Lipinski definition) is 1. The Bertz CT molecular complexity index is 1330. The van der Waals surface area contributed by atoms with Gasteiger partial charge in [0.05, 0.1) is 17.0 Å². The minimum Gasteiger partial charge on any atom is -0.325 e. The Labute approximate surface area is 189 Å². The van der Waals surface area contributed by atoms with Crippen LogP contribution in [-0.2, 0) is 4.79 Å². The lowest BCUT2D eigenvalue weighted by Crippen LogP contribution is -2.22. The number of aromatic nitrogens is 2. The first-order valence-electron chi connectivity index (χ1n) is 9.90. The first-order valence-corrected chi connectivity index (χ1v) is 11.8. The van der Waals surface area contributed by atoms with Crippen LogP contribution in [0.4, 0.5) is 5.69 Å². The fraction of sp³-hybridized carbons (Fsp3) is 0.208. The van der Waals surface area contributed by atoms with E-state index in [0.29, 0.717) is 15.4 Å². The first kappa shape index (κ1) is 21.3. The predicted molar refractivity (Wildman–Crippen MR) is 130 cm³/mol. The van der Waals surface area contributed by atoms with Gasteiger partial charge in [0.2, 0.25) is 5.91 Å². The number of thiophene rings is 1. The highest BCUT2D eigenvalue weighted by molar-refractivity contribution is 7.99. The van der Waals surface area contributed by atoms with Gasteiger partial charge in [-0.05, 0) is 79.6 Å². The number of thioether (sulfide) groups is 1. The minimum atomic E-state index is -0.134. The van der Waals surface area contributed by atoms with Crippen molar-refractivity contribution >= 4 is 44.9 Å². The second-order valence-corrected chi connectivity index (χ2v) is 9.53. The average molecular weight is 450 g/mol. The van der Waals surface area contributed by atoms with Crippen molar-refractivity contribution in [3.63, 3.8) is 0 Å². The molecule has 31 heavy (non-hydrogen) atoms. The third kappa shape index (κ3) is 4.57. The molecular formula is C24H23N3O2S2. The second kappa shape index (κ2) is 8.69. The molecule has 0 aliphatic carbocycles. The van der Waals surface area contributed by atoms with Crippen LogP contribution in [-0.4, -0.2) is 21.2 Å². The molecule has 0 aliphatic rings. The Morgan fingerprint density at radius 3 is 2.52 bits per heavy atom. The van der Waals surface area contributed by atoms with Gasteiger partial charge in [0.25, 0.3) is 5.56 Å². The fourth-order valence-electron chi connectivity index (χ4n) is 3.48. The molecule has 2 aromatic heterocycles. The summed E-state index contributed by atoms with van der Waals surface area (Å²) in [7, 11) is 0. The van der Waals surface area contributed by atoms with Gasteiger partial charge < -0.3 is 5.32 Å². The summed E-state index contributed by atoms with van der Waals surface area (Å²) in [6.07, 6.45) is 0. The number of carbonyl (C=O) groups is 1. The standard InChI is InChI=1S/C24H23N3O2S2/c1-14-5-6-17(4)20(12-14)25-21(28)13-31-24-26-19-7-8-30-22(19)23(29)27(24)18-10-15(2)9-16(3)11-18/h5-12H,13H2,1-4H3,(H,25,28). The molecule has 4 rings (SSSR count).